The van der Waals surface area contributed by atoms with E-state index in [9.17, 15) is 4.79 Å². The van der Waals surface area contributed by atoms with Crippen LogP contribution >= 0.6 is 11.6 Å². The van der Waals surface area contributed by atoms with E-state index in [1.54, 1.807) is 12.3 Å². The number of carbonyl (C=O) groups is 1. The Morgan fingerprint density at radius 3 is 2.56 bits per heavy atom. The van der Waals surface area contributed by atoms with Crippen molar-refractivity contribution >= 4 is 34.7 Å². The zero-order valence-corrected chi connectivity index (χ0v) is 14.8. The minimum Gasteiger partial charge on any atom is -0.340 e. The van der Waals surface area contributed by atoms with Crippen molar-refractivity contribution in [3.05, 3.63) is 82.5 Å². The summed E-state index contributed by atoms with van der Waals surface area (Å²) in [5.41, 5.74) is 4.16. The fourth-order valence-electron chi connectivity index (χ4n) is 2.41. The molecular formula is C20H18ClN3O. The van der Waals surface area contributed by atoms with Crippen LogP contribution in [0, 0.1) is 13.8 Å². The zero-order chi connectivity index (χ0) is 17.8. The molecule has 0 radical (unpaired) electrons. The molecule has 0 aliphatic carbocycles. The van der Waals surface area contributed by atoms with Crippen LogP contribution in [0.2, 0.25) is 5.02 Å². The summed E-state index contributed by atoms with van der Waals surface area (Å²) in [4.78, 5) is 16.6. The van der Waals surface area contributed by atoms with Gasteiger partial charge in [-0.25, -0.2) is 4.98 Å². The van der Waals surface area contributed by atoms with Gasteiger partial charge in [0.25, 0.3) is 5.91 Å². The number of nitrogens with zero attached hydrogens (tertiary/aromatic N) is 1. The molecule has 0 bridgehead atoms. The van der Waals surface area contributed by atoms with Crippen LogP contribution in [0.4, 0.5) is 17.2 Å². The second-order valence-corrected chi connectivity index (χ2v) is 6.20. The summed E-state index contributed by atoms with van der Waals surface area (Å²) in [5.74, 6) is 0.524. The predicted octanol–water partition coefficient (Wildman–Crippen LogP) is 5.35. The molecule has 25 heavy (non-hydrogen) atoms. The standard InChI is InChI=1S/C20H18ClN3O/c1-13-5-3-6-15(11-13)20(25)23-16-9-10-19(22-12-16)24-18-8-4-7-17(21)14(18)2/h3-12H,1-2H3,(H,22,24)(H,23,25). The summed E-state index contributed by atoms with van der Waals surface area (Å²) < 4.78 is 0. The Morgan fingerprint density at radius 2 is 1.84 bits per heavy atom. The number of halogens is 1. The number of aryl methyl sites for hydroxylation is 1. The topological polar surface area (TPSA) is 54.0 Å². The van der Waals surface area contributed by atoms with Gasteiger partial charge in [0, 0.05) is 16.3 Å². The number of aromatic nitrogens is 1. The first-order chi connectivity index (χ1) is 12.0. The molecule has 1 aromatic heterocycles. The highest BCUT2D eigenvalue weighted by molar-refractivity contribution is 6.31. The number of benzene rings is 2. The van der Waals surface area contributed by atoms with Crippen LogP contribution in [-0.2, 0) is 0 Å². The summed E-state index contributed by atoms with van der Waals surface area (Å²) in [5, 5.41) is 6.77. The lowest BCUT2D eigenvalue weighted by atomic mass is 10.1. The maximum Gasteiger partial charge on any atom is 0.255 e. The van der Waals surface area contributed by atoms with Crippen LogP contribution in [0.1, 0.15) is 21.5 Å². The van der Waals surface area contributed by atoms with Crippen LogP contribution in [-0.4, -0.2) is 10.9 Å². The molecular weight excluding hydrogens is 334 g/mol. The molecule has 3 aromatic rings. The SMILES string of the molecule is Cc1cccc(C(=O)Nc2ccc(Nc3cccc(Cl)c3C)nc2)c1. The van der Waals surface area contributed by atoms with Crippen molar-refractivity contribution in [2.75, 3.05) is 10.6 Å². The molecule has 0 fully saturated rings. The maximum atomic E-state index is 12.3. The lowest BCUT2D eigenvalue weighted by Gasteiger charge is -2.11. The number of nitrogens with one attached hydrogen (secondary N) is 2. The third-order valence-corrected chi connectivity index (χ3v) is 4.24. The fraction of sp³-hybridized carbons (Fsp3) is 0.100. The van der Waals surface area contributed by atoms with Crippen molar-refractivity contribution in [3.8, 4) is 0 Å². The Labute approximate surface area is 151 Å². The average molecular weight is 352 g/mol. The number of hydrogen-bond donors (Lipinski definition) is 2. The van der Waals surface area contributed by atoms with Gasteiger partial charge < -0.3 is 10.6 Å². The van der Waals surface area contributed by atoms with E-state index in [-0.39, 0.29) is 5.91 Å². The highest BCUT2D eigenvalue weighted by Crippen LogP contribution is 2.25. The Morgan fingerprint density at radius 1 is 1.04 bits per heavy atom. The molecule has 2 N–H and O–H groups in total. The van der Waals surface area contributed by atoms with Gasteiger partial charge in [0.05, 0.1) is 11.9 Å². The minimum absolute atomic E-state index is 0.156. The molecule has 0 spiro atoms. The Bertz CT molecular complexity index is 907. The lowest BCUT2D eigenvalue weighted by Crippen LogP contribution is -2.12. The number of pyridine rings is 1. The monoisotopic (exact) mass is 351 g/mol. The molecule has 126 valence electrons. The largest absolute Gasteiger partial charge is 0.340 e. The highest BCUT2D eigenvalue weighted by atomic mass is 35.5. The number of amides is 1. The van der Waals surface area contributed by atoms with Crippen molar-refractivity contribution in [1.29, 1.82) is 0 Å². The highest BCUT2D eigenvalue weighted by Gasteiger charge is 2.07. The molecule has 0 saturated heterocycles. The Hall–Kier alpha value is -2.85. The number of hydrogen-bond acceptors (Lipinski definition) is 3. The summed E-state index contributed by atoms with van der Waals surface area (Å²) in [7, 11) is 0. The third-order valence-electron chi connectivity index (χ3n) is 3.83. The van der Waals surface area contributed by atoms with E-state index < -0.39 is 0 Å². The van der Waals surface area contributed by atoms with Gasteiger partial charge in [-0.3, -0.25) is 4.79 Å². The molecule has 0 aliphatic rings. The number of carbonyl (C=O) groups excluding carboxylic acids is 1. The van der Waals surface area contributed by atoms with E-state index in [2.05, 4.69) is 15.6 Å². The van der Waals surface area contributed by atoms with E-state index in [1.165, 1.54) is 0 Å². The summed E-state index contributed by atoms with van der Waals surface area (Å²) in [6.07, 6.45) is 1.62. The molecule has 3 rings (SSSR count). The second kappa shape index (κ2) is 7.36. The van der Waals surface area contributed by atoms with E-state index in [1.807, 2.05) is 62.4 Å². The van der Waals surface area contributed by atoms with Crippen molar-refractivity contribution in [3.63, 3.8) is 0 Å². The van der Waals surface area contributed by atoms with Gasteiger partial charge in [0.1, 0.15) is 5.82 Å². The van der Waals surface area contributed by atoms with Gasteiger partial charge in [-0.15, -0.1) is 0 Å². The van der Waals surface area contributed by atoms with E-state index in [4.69, 9.17) is 11.6 Å². The smallest absolute Gasteiger partial charge is 0.255 e. The quantitative estimate of drug-likeness (QED) is 0.666. The van der Waals surface area contributed by atoms with Crippen LogP contribution in [0.5, 0.6) is 0 Å². The Kier molecular flexibility index (Phi) is 5.00. The predicted molar refractivity (Wildman–Crippen MR) is 103 cm³/mol. The fourth-order valence-corrected chi connectivity index (χ4v) is 2.59. The first-order valence-corrected chi connectivity index (χ1v) is 8.27. The molecule has 0 saturated carbocycles. The van der Waals surface area contributed by atoms with Crippen LogP contribution in [0.25, 0.3) is 0 Å². The lowest BCUT2D eigenvalue weighted by molar-refractivity contribution is 0.102. The van der Waals surface area contributed by atoms with E-state index in [0.29, 0.717) is 22.1 Å². The van der Waals surface area contributed by atoms with Crippen LogP contribution in [0.15, 0.2) is 60.8 Å². The van der Waals surface area contributed by atoms with Crippen LogP contribution < -0.4 is 10.6 Å². The normalized spacial score (nSPS) is 10.4. The Balaban J connectivity index is 1.70. The van der Waals surface area contributed by atoms with E-state index in [0.717, 1.165) is 16.8 Å². The van der Waals surface area contributed by atoms with Gasteiger partial charge in [-0.1, -0.05) is 35.4 Å². The van der Waals surface area contributed by atoms with Gasteiger partial charge in [0.2, 0.25) is 0 Å². The van der Waals surface area contributed by atoms with Gasteiger partial charge >= 0.3 is 0 Å². The third kappa shape index (κ3) is 4.17. The van der Waals surface area contributed by atoms with Gasteiger partial charge in [-0.05, 0) is 55.8 Å². The molecule has 2 aromatic carbocycles. The minimum atomic E-state index is -0.156. The molecule has 4 nitrogen and oxygen atoms in total. The summed E-state index contributed by atoms with van der Waals surface area (Å²) >= 11 is 6.12. The van der Waals surface area contributed by atoms with Crippen molar-refractivity contribution in [2.24, 2.45) is 0 Å². The molecule has 1 amide bonds. The van der Waals surface area contributed by atoms with Gasteiger partial charge in [0.15, 0.2) is 0 Å². The zero-order valence-electron chi connectivity index (χ0n) is 14.0. The van der Waals surface area contributed by atoms with Crippen LogP contribution in [0.3, 0.4) is 0 Å². The summed E-state index contributed by atoms with van der Waals surface area (Å²) in [6, 6.07) is 16.7. The second-order valence-electron chi connectivity index (χ2n) is 5.79. The van der Waals surface area contributed by atoms with Crippen molar-refractivity contribution < 1.29 is 4.79 Å². The van der Waals surface area contributed by atoms with Crippen molar-refractivity contribution in [2.45, 2.75) is 13.8 Å². The number of rotatable bonds is 4. The first-order valence-electron chi connectivity index (χ1n) is 7.89. The van der Waals surface area contributed by atoms with Crippen molar-refractivity contribution in [1.82, 2.24) is 4.98 Å². The molecule has 5 heteroatoms. The van der Waals surface area contributed by atoms with E-state index >= 15 is 0 Å². The molecule has 0 unspecified atom stereocenters. The average Bonchev–Trinajstić information content (AvgIpc) is 2.60. The molecule has 0 atom stereocenters. The number of anilines is 3. The van der Waals surface area contributed by atoms with Gasteiger partial charge in [-0.2, -0.15) is 0 Å². The summed E-state index contributed by atoms with van der Waals surface area (Å²) in [6.45, 7) is 3.90. The first kappa shape index (κ1) is 17.0. The maximum absolute atomic E-state index is 12.3. The molecule has 1 heterocycles. The molecule has 0 aliphatic heterocycles.